The van der Waals surface area contributed by atoms with Crippen LogP contribution in [0.4, 0.5) is 0 Å². The van der Waals surface area contributed by atoms with Crippen molar-refractivity contribution < 1.29 is 0 Å². The Hall–Kier alpha value is 2.55. The number of rotatable bonds is 0. The van der Waals surface area contributed by atoms with Crippen molar-refractivity contribution in [2.75, 3.05) is 0 Å². The van der Waals surface area contributed by atoms with Crippen LogP contribution in [-0.2, 0) is 0 Å². The molecule has 0 atom stereocenters. The first kappa shape index (κ1) is 16.0. The maximum absolute atomic E-state index is 2.25. The fraction of sp³-hybridized carbons (Fsp3) is 0. The predicted octanol–water partition coefficient (Wildman–Crippen LogP) is -3.66. The molecule has 0 radical (unpaired) electrons. The van der Waals surface area contributed by atoms with E-state index in [0.717, 1.165) is 0 Å². The second-order valence-corrected chi connectivity index (χ2v) is 0. The molecule has 0 saturated carbocycles. The molecule has 0 heterocycles. The van der Waals surface area contributed by atoms with Crippen molar-refractivity contribution >= 4 is 74.0 Å². The third-order valence-electron chi connectivity index (χ3n) is 0. The first-order chi connectivity index (χ1) is 1.00. The van der Waals surface area contributed by atoms with Gasteiger partial charge >= 0.3 is 74.0 Å². The van der Waals surface area contributed by atoms with Crippen LogP contribution < -0.4 is 0 Å². The van der Waals surface area contributed by atoms with Crippen LogP contribution in [0.3, 0.4) is 0 Å². The molecule has 4 heavy (non-hydrogen) atoms. The Bertz CT molecular complexity index is 6.00. The van der Waals surface area contributed by atoms with Gasteiger partial charge in [0.25, 0.3) is 0 Å². The predicted molar refractivity (Wildman–Crippen MR) is 34.2 cm³/mol. The third kappa shape index (κ3) is 8.82. The summed E-state index contributed by atoms with van der Waals surface area (Å²) in [5.41, 5.74) is 0. The van der Waals surface area contributed by atoms with Gasteiger partial charge in [-0.15, -0.1) is 0 Å². The van der Waals surface area contributed by atoms with Gasteiger partial charge in [0.05, 0.1) is 0 Å². The van der Waals surface area contributed by atoms with Crippen LogP contribution in [0.2, 0.25) is 0 Å². The van der Waals surface area contributed by atoms with E-state index in [-0.39, 0.29) is 45.6 Å². The molecule has 0 aliphatic heterocycles. The molecule has 0 nitrogen and oxygen atoms in total. The Morgan fingerprint density at radius 3 is 1.00 bits per heavy atom. The first-order valence-electron chi connectivity index (χ1n) is 0.200. The monoisotopic (exact) mass is 352 g/mol. The maximum atomic E-state index is 2.25. The SMILES string of the molecule is [GaH3].[InH3].[SeH][SeH]. The van der Waals surface area contributed by atoms with E-state index >= 15 is 0 Å². The summed E-state index contributed by atoms with van der Waals surface area (Å²) in [5, 5.41) is 0. The molecule has 0 N–H and O–H groups in total. The van der Waals surface area contributed by atoms with Crippen LogP contribution in [0.1, 0.15) is 0 Å². The van der Waals surface area contributed by atoms with Crippen molar-refractivity contribution in [1.29, 1.82) is 0 Å². The van der Waals surface area contributed by atoms with Crippen molar-refractivity contribution in [1.82, 2.24) is 0 Å². The van der Waals surface area contributed by atoms with Gasteiger partial charge in [-0.2, -0.15) is 0 Å². The Kier molecular flexibility index (Phi) is 70.8. The summed E-state index contributed by atoms with van der Waals surface area (Å²) in [7, 11) is 0. The molecule has 0 fully saturated rings. The zero-order valence-corrected chi connectivity index (χ0v) is 4.65. The molecule has 0 amide bonds. The molecule has 0 aromatic carbocycles. The number of hydrogen-bond donors (Lipinski definition) is 0. The molecule has 4 heteroatoms. The molecule has 0 aromatic rings. The average Bonchev–Trinajstić information content (AvgIpc) is 1.00. The van der Waals surface area contributed by atoms with Gasteiger partial charge in [0.1, 0.15) is 0 Å². The molecule has 0 saturated heterocycles. The summed E-state index contributed by atoms with van der Waals surface area (Å²) < 4.78 is 0. The van der Waals surface area contributed by atoms with Gasteiger partial charge in [-0.3, -0.25) is 0 Å². The van der Waals surface area contributed by atoms with E-state index in [1.54, 1.807) is 0 Å². The summed E-state index contributed by atoms with van der Waals surface area (Å²) in [6.45, 7) is 0. The van der Waals surface area contributed by atoms with Gasteiger partial charge in [0.15, 0.2) is 0 Å². The fourth-order valence-electron chi connectivity index (χ4n) is 0. The van der Waals surface area contributed by atoms with Gasteiger partial charge in [-0.05, 0) is 0 Å². The van der Waals surface area contributed by atoms with Gasteiger partial charge in [-0.1, -0.05) is 0 Å². The molecule has 0 spiro atoms. The summed E-state index contributed by atoms with van der Waals surface area (Å²) in [5.74, 6) is 0. The van der Waals surface area contributed by atoms with E-state index in [4.69, 9.17) is 0 Å². The Balaban J connectivity index is -0.00000000500. The molecule has 0 aromatic heterocycles. The van der Waals surface area contributed by atoms with Crippen molar-refractivity contribution in [2.45, 2.75) is 0 Å². The van der Waals surface area contributed by atoms with Gasteiger partial charge in [0.2, 0.25) is 0 Å². The molecule has 0 rings (SSSR count). The van der Waals surface area contributed by atoms with E-state index < -0.39 is 0 Å². The first-order valence-corrected chi connectivity index (χ1v) is 5.40. The Labute approximate surface area is 72.9 Å². The summed E-state index contributed by atoms with van der Waals surface area (Å²) in [4.78, 5) is 0. The van der Waals surface area contributed by atoms with E-state index in [1.807, 2.05) is 0 Å². The Morgan fingerprint density at radius 1 is 1.00 bits per heavy atom. The topological polar surface area (TPSA) is 0 Å². The van der Waals surface area contributed by atoms with E-state index in [2.05, 4.69) is 28.4 Å². The summed E-state index contributed by atoms with van der Waals surface area (Å²) in [6.07, 6.45) is 0. The van der Waals surface area contributed by atoms with Crippen LogP contribution in [0.15, 0.2) is 0 Å². The summed E-state index contributed by atoms with van der Waals surface area (Å²) >= 11 is 4.50. The third-order valence-corrected chi connectivity index (χ3v) is 0. The van der Waals surface area contributed by atoms with Gasteiger partial charge < -0.3 is 0 Å². The quantitative estimate of drug-likeness (QED) is 0.395. The van der Waals surface area contributed by atoms with Crippen LogP contribution >= 0.6 is 0 Å². The van der Waals surface area contributed by atoms with Crippen LogP contribution in [-0.4, -0.2) is 74.0 Å². The minimum absolute atomic E-state index is 0. The van der Waals surface area contributed by atoms with Crippen molar-refractivity contribution in [3.8, 4) is 0 Å². The van der Waals surface area contributed by atoms with E-state index in [9.17, 15) is 0 Å². The zero-order valence-electron chi connectivity index (χ0n) is 0.894. The van der Waals surface area contributed by atoms with E-state index in [1.165, 1.54) is 0 Å². The normalized spacial score (nSPS) is 1.50. The van der Waals surface area contributed by atoms with Gasteiger partial charge in [0, 0.05) is 0 Å². The van der Waals surface area contributed by atoms with Crippen LogP contribution in [0.5, 0.6) is 0 Å². The Morgan fingerprint density at radius 2 is 1.00 bits per heavy atom. The van der Waals surface area contributed by atoms with Crippen LogP contribution in [0.25, 0.3) is 0 Å². The molecular weight excluding hydrogens is 342 g/mol. The second-order valence-electron chi connectivity index (χ2n) is 0. The molecule has 0 aliphatic rings. The second kappa shape index (κ2) is 17.7. The molecule has 0 unspecified atom stereocenters. The molecule has 0 aliphatic carbocycles. The van der Waals surface area contributed by atoms with Gasteiger partial charge in [-0.25, -0.2) is 0 Å². The van der Waals surface area contributed by atoms with Crippen molar-refractivity contribution in [3.63, 3.8) is 0 Å². The summed E-state index contributed by atoms with van der Waals surface area (Å²) in [6, 6.07) is 0. The molecule has 26 valence electrons. The number of hydrogen-bond acceptors (Lipinski definition) is 0. The molecule has 0 bridgehead atoms. The minimum atomic E-state index is 0. The fourth-order valence-corrected chi connectivity index (χ4v) is 0. The molecular formula is H8GaInSe2. The standard InChI is InChI=1S/Ga.In.H2Se2.6H/c;;1-2;;;;;;/h;;1-2H;;;;;;. The van der Waals surface area contributed by atoms with Crippen molar-refractivity contribution in [2.24, 2.45) is 0 Å². The van der Waals surface area contributed by atoms with Crippen LogP contribution in [0, 0.1) is 0 Å². The van der Waals surface area contributed by atoms with E-state index in [0.29, 0.717) is 0 Å². The van der Waals surface area contributed by atoms with Crippen molar-refractivity contribution in [3.05, 3.63) is 0 Å². The average molecular weight is 351 g/mol. The zero-order chi connectivity index (χ0) is 2.00.